The molecular formula is C23H30N2O5S. The second-order valence-electron chi connectivity index (χ2n) is 7.51. The summed E-state index contributed by atoms with van der Waals surface area (Å²) in [5, 5.41) is 6.63. The van der Waals surface area contributed by atoms with E-state index in [1.807, 2.05) is 13.8 Å². The monoisotopic (exact) mass is 446 g/mol. The third-order valence-corrected chi connectivity index (χ3v) is 6.72. The third-order valence-electron chi connectivity index (χ3n) is 5.66. The Morgan fingerprint density at radius 1 is 1.00 bits per heavy atom. The van der Waals surface area contributed by atoms with Crippen LogP contribution < -0.4 is 24.8 Å². The lowest BCUT2D eigenvalue weighted by atomic mass is 10.1. The molecule has 1 aliphatic carbocycles. The van der Waals surface area contributed by atoms with Crippen molar-refractivity contribution in [2.45, 2.75) is 52.0 Å². The van der Waals surface area contributed by atoms with Crippen molar-refractivity contribution in [3.8, 4) is 17.2 Å². The molecule has 1 saturated carbocycles. The minimum absolute atomic E-state index is 0.123. The van der Waals surface area contributed by atoms with E-state index in [0.29, 0.717) is 39.8 Å². The van der Waals surface area contributed by atoms with Crippen LogP contribution in [0.2, 0.25) is 0 Å². The van der Waals surface area contributed by atoms with Crippen molar-refractivity contribution >= 4 is 28.2 Å². The Kier molecular flexibility index (Phi) is 7.43. The molecule has 0 bridgehead atoms. The van der Waals surface area contributed by atoms with Crippen LogP contribution in [-0.4, -0.2) is 39.2 Å². The highest BCUT2D eigenvalue weighted by molar-refractivity contribution is 7.16. The summed E-state index contributed by atoms with van der Waals surface area (Å²) in [5.74, 6) is 0.743. The van der Waals surface area contributed by atoms with Crippen molar-refractivity contribution in [2.24, 2.45) is 0 Å². The van der Waals surface area contributed by atoms with Gasteiger partial charge in [0.15, 0.2) is 11.5 Å². The van der Waals surface area contributed by atoms with E-state index < -0.39 is 0 Å². The van der Waals surface area contributed by atoms with Gasteiger partial charge in [0.25, 0.3) is 11.8 Å². The van der Waals surface area contributed by atoms with Gasteiger partial charge < -0.3 is 24.8 Å². The molecule has 7 nitrogen and oxygen atoms in total. The maximum Gasteiger partial charge on any atom is 0.260 e. The molecule has 2 N–H and O–H groups in total. The molecule has 168 valence electrons. The van der Waals surface area contributed by atoms with Crippen LogP contribution in [-0.2, 0) is 6.42 Å². The van der Waals surface area contributed by atoms with Crippen LogP contribution in [0.25, 0.3) is 0 Å². The highest BCUT2D eigenvalue weighted by Crippen LogP contribution is 2.37. The molecule has 0 radical (unpaired) electrons. The van der Waals surface area contributed by atoms with E-state index in [2.05, 4.69) is 10.6 Å². The molecule has 0 aliphatic heterocycles. The molecule has 31 heavy (non-hydrogen) atoms. The lowest BCUT2D eigenvalue weighted by molar-refractivity contribution is 0.0938. The number of methoxy groups -OCH3 is 3. The fourth-order valence-corrected chi connectivity index (χ4v) is 5.17. The molecule has 1 aromatic heterocycles. The van der Waals surface area contributed by atoms with Gasteiger partial charge in [0.05, 0.1) is 32.5 Å². The van der Waals surface area contributed by atoms with Crippen LogP contribution in [0.1, 0.15) is 63.8 Å². The number of hydrogen-bond donors (Lipinski definition) is 2. The number of ether oxygens (including phenoxy) is 3. The van der Waals surface area contributed by atoms with E-state index in [9.17, 15) is 9.59 Å². The van der Waals surface area contributed by atoms with E-state index in [4.69, 9.17) is 14.2 Å². The molecule has 1 heterocycles. The number of carbonyl (C=O) groups excluding carboxylic acids is 2. The molecule has 2 amide bonds. The Balaban J connectivity index is 1.93. The number of rotatable bonds is 8. The maximum absolute atomic E-state index is 13.2. The van der Waals surface area contributed by atoms with E-state index >= 15 is 0 Å². The Bertz CT molecular complexity index is 963. The zero-order valence-corrected chi connectivity index (χ0v) is 19.5. The van der Waals surface area contributed by atoms with Gasteiger partial charge in [0.1, 0.15) is 10.8 Å². The molecule has 0 spiro atoms. The summed E-state index contributed by atoms with van der Waals surface area (Å²) in [6.07, 6.45) is 4.99. The van der Waals surface area contributed by atoms with Crippen molar-refractivity contribution < 1.29 is 23.8 Å². The van der Waals surface area contributed by atoms with Gasteiger partial charge in [-0.05, 0) is 31.7 Å². The summed E-state index contributed by atoms with van der Waals surface area (Å²) >= 11 is 1.42. The van der Waals surface area contributed by atoms with Crippen LogP contribution >= 0.6 is 11.3 Å². The lowest BCUT2D eigenvalue weighted by Gasteiger charge is -2.15. The summed E-state index contributed by atoms with van der Waals surface area (Å²) in [6.45, 7) is 3.99. The van der Waals surface area contributed by atoms with Crippen LogP contribution in [0.15, 0.2) is 12.1 Å². The zero-order chi connectivity index (χ0) is 22.5. The van der Waals surface area contributed by atoms with Crippen molar-refractivity contribution in [3.63, 3.8) is 0 Å². The standard InChI is InChI=1S/C23H30N2O5S/c1-6-15-13(2)31-23(20(15)22(27)24-14-9-7-8-10-14)25-21(26)16-11-18(29-4)19(30-5)12-17(16)28-3/h11-12,14H,6-10H2,1-5H3,(H,24,27)(H,25,26). The summed E-state index contributed by atoms with van der Waals surface area (Å²) in [6, 6.07) is 3.39. The maximum atomic E-state index is 13.2. The number of benzene rings is 1. The van der Waals surface area contributed by atoms with E-state index in [0.717, 1.165) is 36.1 Å². The minimum atomic E-state index is -0.378. The largest absolute Gasteiger partial charge is 0.496 e. The second kappa shape index (κ2) is 10.0. The Labute approximate surface area is 187 Å². The SMILES string of the molecule is CCc1c(C)sc(NC(=O)c2cc(OC)c(OC)cc2OC)c1C(=O)NC1CCCC1. The fraction of sp³-hybridized carbons (Fsp3) is 0.478. The number of carbonyl (C=O) groups is 2. The van der Waals surface area contributed by atoms with Crippen molar-refractivity contribution in [1.82, 2.24) is 5.32 Å². The molecule has 0 saturated heterocycles. The van der Waals surface area contributed by atoms with Crippen LogP contribution in [0.5, 0.6) is 17.2 Å². The molecule has 2 aromatic rings. The van der Waals surface area contributed by atoms with E-state index in [1.165, 1.54) is 32.7 Å². The Hall–Kier alpha value is -2.74. The van der Waals surface area contributed by atoms with Crippen LogP contribution in [0, 0.1) is 6.92 Å². The highest BCUT2D eigenvalue weighted by Gasteiger charge is 2.27. The van der Waals surface area contributed by atoms with Gasteiger partial charge in [0.2, 0.25) is 0 Å². The Morgan fingerprint density at radius 3 is 2.19 bits per heavy atom. The van der Waals surface area contributed by atoms with Gasteiger partial charge in [-0.3, -0.25) is 9.59 Å². The summed E-state index contributed by atoms with van der Waals surface area (Å²) < 4.78 is 16.0. The van der Waals surface area contributed by atoms with Crippen LogP contribution in [0.4, 0.5) is 5.00 Å². The molecule has 0 atom stereocenters. The normalized spacial score (nSPS) is 13.7. The lowest BCUT2D eigenvalue weighted by Crippen LogP contribution is -2.33. The van der Waals surface area contributed by atoms with Gasteiger partial charge in [-0.2, -0.15) is 0 Å². The van der Waals surface area contributed by atoms with Gasteiger partial charge in [-0.25, -0.2) is 0 Å². The first kappa shape index (κ1) is 22.9. The number of thiophene rings is 1. The molecule has 3 rings (SSSR count). The first-order valence-electron chi connectivity index (χ1n) is 10.5. The van der Waals surface area contributed by atoms with Gasteiger partial charge in [-0.1, -0.05) is 19.8 Å². The topological polar surface area (TPSA) is 85.9 Å². The molecule has 0 unspecified atom stereocenters. The third kappa shape index (κ3) is 4.79. The van der Waals surface area contributed by atoms with Crippen molar-refractivity contribution in [3.05, 3.63) is 33.7 Å². The fourth-order valence-electron chi connectivity index (χ4n) is 4.04. The van der Waals surface area contributed by atoms with Gasteiger partial charge in [-0.15, -0.1) is 11.3 Å². The van der Waals surface area contributed by atoms with E-state index in [-0.39, 0.29) is 17.9 Å². The number of anilines is 1. The van der Waals surface area contributed by atoms with E-state index in [1.54, 1.807) is 12.1 Å². The number of amides is 2. The average molecular weight is 447 g/mol. The first-order valence-corrected chi connectivity index (χ1v) is 11.3. The molecular weight excluding hydrogens is 416 g/mol. The van der Waals surface area contributed by atoms with Crippen molar-refractivity contribution in [2.75, 3.05) is 26.6 Å². The zero-order valence-electron chi connectivity index (χ0n) is 18.7. The molecule has 1 aliphatic rings. The van der Waals surface area contributed by atoms with Crippen molar-refractivity contribution in [1.29, 1.82) is 0 Å². The van der Waals surface area contributed by atoms with Crippen LogP contribution in [0.3, 0.4) is 0 Å². The summed E-state index contributed by atoms with van der Waals surface area (Å²) in [5.41, 5.74) is 1.83. The quantitative estimate of drug-likeness (QED) is 0.620. The molecule has 1 aromatic carbocycles. The first-order chi connectivity index (χ1) is 14.9. The predicted molar refractivity (Wildman–Crippen MR) is 122 cm³/mol. The number of nitrogens with one attached hydrogen (secondary N) is 2. The average Bonchev–Trinajstić information content (AvgIpc) is 3.39. The molecule has 8 heteroatoms. The number of hydrogen-bond acceptors (Lipinski definition) is 6. The smallest absolute Gasteiger partial charge is 0.260 e. The predicted octanol–water partition coefficient (Wildman–Crippen LogP) is 4.57. The number of aryl methyl sites for hydroxylation is 1. The van der Waals surface area contributed by atoms with Gasteiger partial charge in [0, 0.05) is 23.1 Å². The summed E-state index contributed by atoms with van der Waals surface area (Å²) in [7, 11) is 4.52. The summed E-state index contributed by atoms with van der Waals surface area (Å²) in [4.78, 5) is 27.3. The van der Waals surface area contributed by atoms with Gasteiger partial charge >= 0.3 is 0 Å². The highest BCUT2D eigenvalue weighted by atomic mass is 32.1. The minimum Gasteiger partial charge on any atom is -0.496 e. The Morgan fingerprint density at radius 2 is 1.61 bits per heavy atom. The molecule has 1 fully saturated rings. The second-order valence-corrected chi connectivity index (χ2v) is 8.74.